The smallest absolute Gasteiger partial charge is 0.334 e. The summed E-state index contributed by atoms with van der Waals surface area (Å²) in [5.74, 6) is -0.0894. The fourth-order valence-electron chi connectivity index (χ4n) is 6.87. The second-order valence-corrected chi connectivity index (χ2v) is 11.7. The molecule has 218 valence electrons. The van der Waals surface area contributed by atoms with E-state index in [0.29, 0.717) is 30.0 Å². The molecule has 0 aromatic heterocycles. The third-order valence-corrected chi connectivity index (χ3v) is 9.04. The largest absolute Gasteiger partial charge is 0.416 e. The summed E-state index contributed by atoms with van der Waals surface area (Å²) in [6, 6.07) is 19.1. The normalized spacial score (nSPS) is 22.2. The monoisotopic (exact) mass is 574 g/mol. The van der Waals surface area contributed by atoms with Gasteiger partial charge in [-0.3, -0.25) is 9.69 Å². The molecule has 1 heterocycles. The highest BCUT2D eigenvalue weighted by Gasteiger charge is 2.37. The minimum atomic E-state index is -4.47. The van der Waals surface area contributed by atoms with Crippen LogP contribution in [0.4, 0.5) is 17.6 Å². The van der Waals surface area contributed by atoms with E-state index in [9.17, 15) is 22.4 Å². The molecule has 0 N–H and O–H groups in total. The van der Waals surface area contributed by atoms with Crippen LogP contribution in [0.25, 0.3) is 0 Å². The van der Waals surface area contributed by atoms with E-state index in [0.717, 1.165) is 36.5 Å². The van der Waals surface area contributed by atoms with Crippen LogP contribution in [0.3, 0.4) is 0 Å². The number of benzene rings is 3. The van der Waals surface area contributed by atoms with E-state index in [1.807, 2.05) is 29.2 Å². The summed E-state index contributed by atoms with van der Waals surface area (Å²) in [5.41, 5.74) is 4.86. The fraction of sp³-hybridized carbons (Fsp3) is 0.343. The lowest BCUT2D eigenvalue weighted by Gasteiger charge is -2.39. The molecule has 0 saturated heterocycles. The number of nitrogens with zero attached hydrogens (tertiary/aromatic N) is 2. The molecule has 0 bridgehead atoms. The number of alkyl halides is 3. The Bertz CT molecular complexity index is 1540. The Morgan fingerprint density at radius 1 is 1.00 bits per heavy atom. The van der Waals surface area contributed by atoms with E-state index >= 15 is 0 Å². The Balaban J connectivity index is 1.32. The SMILES string of the molecule is CC1CC=CC2=C1CC(N(Cc1ccccc1F)C(=O)CN1CCc3ccccc3C1c1cccc(C(F)(F)F)c1)C2. The van der Waals surface area contributed by atoms with Gasteiger partial charge in [-0.25, -0.2) is 4.39 Å². The van der Waals surface area contributed by atoms with Crippen molar-refractivity contribution in [3.05, 3.63) is 130 Å². The molecule has 6 rings (SSSR count). The number of amides is 1. The van der Waals surface area contributed by atoms with Gasteiger partial charge in [-0.15, -0.1) is 0 Å². The number of carbonyl (C=O) groups is 1. The van der Waals surface area contributed by atoms with E-state index in [2.05, 4.69) is 19.1 Å². The molecule has 1 amide bonds. The van der Waals surface area contributed by atoms with Gasteiger partial charge in [0, 0.05) is 24.7 Å². The molecule has 3 atom stereocenters. The number of halogens is 4. The number of rotatable bonds is 6. The van der Waals surface area contributed by atoms with Crippen LogP contribution in [-0.2, 0) is 23.9 Å². The van der Waals surface area contributed by atoms with Gasteiger partial charge in [0.2, 0.25) is 5.91 Å². The van der Waals surface area contributed by atoms with Crippen molar-refractivity contribution in [3.8, 4) is 0 Å². The van der Waals surface area contributed by atoms with Gasteiger partial charge in [-0.1, -0.05) is 79.2 Å². The Kier molecular flexibility index (Phi) is 7.79. The highest BCUT2D eigenvalue weighted by molar-refractivity contribution is 5.79. The Labute approximate surface area is 244 Å². The zero-order valence-corrected chi connectivity index (χ0v) is 23.6. The molecule has 42 heavy (non-hydrogen) atoms. The summed E-state index contributed by atoms with van der Waals surface area (Å²) >= 11 is 0. The van der Waals surface area contributed by atoms with Gasteiger partial charge in [-0.2, -0.15) is 13.2 Å². The summed E-state index contributed by atoms with van der Waals surface area (Å²) in [5, 5.41) is 0. The van der Waals surface area contributed by atoms with Crippen molar-refractivity contribution < 1.29 is 22.4 Å². The van der Waals surface area contributed by atoms with Crippen LogP contribution in [0.1, 0.15) is 60.0 Å². The molecule has 3 aliphatic rings. The van der Waals surface area contributed by atoms with Gasteiger partial charge < -0.3 is 4.90 Å². The molecule has 0 fully saturated rings. The van der Waals surface area contributed by atoms with Crippen molar-refractivity contribution >= 4 is 5.91 Å². The van der Waals surface area contributed by atoms with Crippen molar-refractivity contribution in [2.24, 2.45) is 5.92 Å². The zero-order chi connectivity index (χ0) is 29.4. The van der Waals surface area contributed by atoms with Crippen LogP contribution in [0, 0.1) is 11.7 Å². The Morgan fingerprint density at radius 2 is 1.79 bits per heavy atom. The Hall–Kier alpha value is -3.71. The molecular weight excluding hydrogens is 540 g/mol. The minimum absolute atomic E-state index is 0.0241. The maximum absolute atomic E-state index is 14.8. The quantitative estimate of drug-likeness (QED) is 0.280. The lowest BCUT2D eigenvalue weighted by molar-refractivity contribution is -0.138. The fourth-order valence-corrected chi connectivity index (χ4v) is 6.87. The van der Waals surface area contributed by atoms with Gasteiger partial charge in [0.1, 0.15) is 5.82 Å². The molecule has 0 saturated carbocycles. The maximum atomic E-state index is 14.8. The van der Waals surface area contributed by atoms with E-state index in [4.69, 9.17) is 0 Å². The predicted molar refractivity (Wildman–Crippen MR) is 155 cm³/mol. The van der Waals surface area contributed by atoms with Crippen molar-refractivity contribution in [1.82, 2.24) is 9.80 Å². The van der Waals surface area contributed by atoms with E-state index in [1.54, 1.807) is 29.2 Å². The van der Waals surface area contributed by atoms with Crippen LogP contribution in [0.2, 0.25) is 0 Å². The van der Waals surface area contributed by atoms with Crippen LogP contribution >= 0.6 is 0 Å². The van der Waals surface area contributed by atoms with Crippen molar-refractivity contribution in [2.45, 2.75) is 57.4 Å². The van der Waals surface area contributed by atoms with E-state index in [-0.39, 0.29) is 30.9 Å². The molecule has 3 aromatic rings. The van der Waals surface area contributed by atoms with Crippen LogP contribution in [0.5, 0.6) is 0 Å². The molecule has 7 heteroatoms. The lowest BCUT2D eigenvalue weighted by Crippen LogP contribution is -2.47. The molecule has 3 unspecified atom stereocenters. The summed E-state index contributed by atoms with van der Waals surface area (Å²) in [7, 11) is 0. The summed E-state index contributed by atoms with van der Waals surface area (Å²) in [6.07, 6.45) is 3.00. The van der Waals surface area contributed by atoms with Gasteiger partial charge in [0.15, 0.2) is 0 Å². The van der Waals surface area contributed by atoms with Gasteiger partial charge in [-0.05, 0) is 72.1 Å². The number of carbonyl (C=O) groups excluding carboxylic acids is 1. The van der Waals surface area contributed by atoms with Crippen molar-refractivity contribution in [3.63, 3.8) is 0 Å². The minimum Gasteiger partial charge on any atom is -0.334 e. The molecular formula is C35H34F4N2O. The highest BCUT2D eigenvalue weighted by Crippen LogP contribution is 2.41. The molecule has 0 spiro atoms. The first-order chi connectivity index (χ1) is 20.2. The maximum Gasteiger partial charge on any atom is 0.416 e. The van der Waals surface area contributed by atoms with Crippen LogP contribution < -0.4 is 0 Å². The molecule has 2 aliphatic carbocycles. The molecule has 3 nitrogen and oxygen atoms in total. The Morgan fingerprint density at radius 3 is 2.57 bits per heavy atom. The molecule has 3 aromatic carbocycles. The summed E-state index contributed by atoms with van der Waals surface area (Å²) in [6.45, 7) is 2.90. The first kappa shape index (κ1) is 28.4. The lowest BCUT2D eigenvalue weighted by atomic mass is 9.87. The van der Waals surface area contributed by atoms with E-state index in [1.165, 1.54) is 29.3 Å². The molecule has 0 radical (unpaired) electrons. The number of hydrogen-bond donors (Lipinski definition) is 0. The third kappa shape index (κ3) is 5.67. The van der Waals surface area contributed by atoms with Gasteiger partial charge in [0.25, 0.3) is 0 Å². The standard InChI is InChI=1S/C35H34F4N2O/c1-23-8-6-11-25-19-29(20-31(23)25)41(21-27-10-3-5-15-32(27)36)33(42)22-40-17-16-24-9-2-4-14-30(24)34(40)26-12-7-13-28(18-26)35(37,38)39/h2-7,9-15,18,23,29,34H,8,16-17,19-22H2,1H3. The van der Waals surface area contributed by atoms with Crippen molar-refractivity contribution in [2.75, 3.05) is 13.1 Å². The second kappa shape index (κ2) is 11.5. The average molecular weight is 575 g/mol. The highest BCUT2D eigenvalue weighted by atomic mass is 19.4. The predicted octanol–water partition coefficient (Wildman–Crippen LogP) is 7.88. The first-order valence-electron chi connectivity index (χ1n) is 14.6. The second-order valence-electron chi connectivity index (χ2n) is 11.7. The van der Waals surface area contributed by atoms with Crippen LogP contribution in [0.15, 0.2) is 96.1 Å². The van der Waals surface area contributed by atoms with Crippen molar-refractivity contribution in [1.29, 1.82) is 0 Å². The number of hydrogen-bond acceptors (Lipinski definition) is 2. The van der Waals surface area contributed by atoms with E-state index < -0.39 is 17.8 Å². The summed E-state index contributed by atoms with van der Waals surface area (Å²) < 4.78 is 55.9. The molecule has 1 aliphatic heterocycles. The van der Waals surface area contributed by atoms with Gasteiger partial charge >= 0.3 is 6.18 Å². The third-order valence-electron chi connectivity index (χ3n) is 9.04. The number of fused-ring (bicyclic) bond motifs is 1. The zero-order valence-electron chi connectivity index (χ0n) is 23.6. The average Bonchev–Trinajstić information content (AvgIpc) is 3.41. The van der Waals surface area contributed by atoms with Gasteiger partial charge in [0.05, 0.1) is 18.2 Å². The first-order valence-corrected chi connectivity index (χ1v) is 14.6. The van der Waals surface area contributed by atoms with Crippen LogP contribution in [-0.4, -0.2) is 34.8 Å². The summed E-state index contributed by atoms with van der Waals surface area (Å²) in [4.78, 5) is 18.1. The topological polar surface area (TPSA) is 23.6 Å². The number of allylic oxidation sites excluding steroid dienone is 2.